The standard InChI is InChI=1S/C15H13Cl2F3N2O2/c16-10-4-3-9(8-11(10)17)21-14(24)12-2-1-6-22(12)7-5-13(23)15(18,19)20/h3-5,7-8,12H,1-2,6H2,(H,21,24)/b7-5+. The highest BCUT2D eigenvalue weighted by molar-refractivity contribution is 6.42. The zero-order chi connectivity index (χ0) is 17.9. The number of rotatable bonds is 4. The molecule has 24 heavy (non-hydrogen) atoms. The summed E-state index contributed by atoms with van der Waals surface area (Å²) in [5.74, 6) is -2.35. The van der Waals surface area contributed by atoms with E-state index in [1.54, 1.807) is 6.07 Å². The van der Waals surface area contributed by atoms with Gasteiger partial charge < -0.3 is 10.2 Å². The van der Waals surface area contributed by atoms with Crippen LogP contribution in [-0.2, 0) is 9.59 Å². The summed E-state index contributed by atoms with van der Waals surface area (Å²) in [5.41, 5.74) is 0.427. The number of carbonyl (C=O) groups is 2. The molecule has 1 amide bonds. The van der Waals surface area contributed by atoms with Crippen molar-refractivity contribution < 1.29 is 22.8 Å². The van der Waals surface area contributed by atoms with E-state index in [9.17, 15) is 22.8 Å². The van der Waals surface area contributed by atoms with Crippen LogP contribution >= 0.6 is 23.2 Å². The van der Waals surface area contributed by atoms with Crippen LogP contribution in [0.5, 0.6) is 0 Å². The second-order valence-corrected chi connectivity index (χ2v) is 6.01. The summed E-state index contributed by atoms with van der Waals surface area (Å²) in [6.07, 6.45) is -2.37. The van der Waals surface area contributed by atoms with Gasteiger partial charge in [0.2, 0.25) is 5.91 Å². The molecule has 1 fully saturated rings. The molecule has 0 saturated carbocycles. The lowest BCUT2D eigenvalue weighted by atomic mass is 10.2. The van der Waals surface area contributed by atoms with Gasteiger partial charge in [-0.05, 0) is 31.0 Å². The Morgan fingerprint density at radius 2 is 1.96 bits per heavy atom. The molecule has 0 radical (unpaired) electrons. The number of allylic oxidation sites excluding steroid dienone is 1. The Balaban J connectivity index is 2.04. The molecular weight excluding hydrogens is 368 g/mol. The number of hydrogen-bond donors (Lipinski definition) is 1. The highest BCUT2D eigenvalue weighted by Crippen LogP contribution is 2.26. The number of benzene rings is 1. The number of alkyl halides is 3. The van der Waals surface area contributed by atoms with Crippen molar-refractivity contribution in [3.63, 3.8) is 0 Å². The predicted octanol–water partition coefficient (Wildman–Crippen LogP) is 4.04. The minimum Gasteiger partial charge on any atom is -0.365 e. The molecule has 130 valence electrons. The average molecular weight is 381 g/mol. The minimum atomic E-state index is -4.92. The smallest absolute Gasteiger partial charge is 0.365 e. The van der Waals surface area contributed by atoms with Crippen molar-refractivity contribution >= 4 is 40.6 Å². The highest BCUT2D eigenvalue weighted by Gasteiger charge is 2.37. The molecule has 1 saturated heterocycles. The Kier molecular flexibility index (Phi) is 5.77. The molecule has 0 bridgehead atoms. The molecule has 1 aliphatic rings. The largest absolute Gasteiger partial charge is 0.454 e. The zero-order valence-electron chi connectivity index (χ0n) is 12.2. The van der Waals surface area contributed by atoms with Crippen LogP contribution in [0, 0.1) is 0 Å². The van der Waals surface area contributed by atoms with Gasteiger partial charge in [-0.25, -0.2) is 0 Å². The lowest BCUT2D eigenvalue weighted by Crippen LogP contribution is -2.36. The van der Waals surface area contributed by atoms with Crippen LogP contribution < -0.4 is 5.32 Å². The topological polar surface area (TPSA) is 49.4 Å². The van der Waals surface area contributed by atoms with Gasteiger partial charge in [0.05, 0.1) is 10.0 Å². The first-order chi connectivity index (χ1) is 11.2. The number of likely N-dealkylation sites (tertiary alicyclic amines) is 1. The van der Waals surface area contributed by atoms with E-state index in [-0.39, 0.29) is 5.02 Å². The fourth-order valence-corrected chi connectivity index (χ4v) is 2.60. The fraction of sp³-hybridized carbons (Fsp3) is 0.333. The van der Waals surface area contributed by atoms with Gasteiger partial charge >= 0.3 is 6.18 Å². The van der Waals surface area contributed by atoms with Crippen LogP contribution in [0.4, 0.5) is 18.9 Å². The summed E-state index contributed by atoms with van der Waals surface area (Å²) in [6, 6.07) is 3.91. The molecule has 1 heterocycles. The first-order valence-electron chi connectivity index (χ1n) is 6.99. The van der Waals surface area contributed by atoms with Gasteiger partial charge in [0.15, 0.2) is 0 Å². The monoisotopic (exact) mass is 380 g/mol. The normalized spacial score (nSPS) is 18.2. The maximum absolute atomic E-state index is 12.3. The van der Waals surface area contributed by atoms with E-state index >= 15 is 0 Å². The maximum atomic E-state index is 12.3. The molecule has 1 aliphatic heterocycles. The first-order valence-corrected chi connectivity index (χ1v) is 7.75. The second-order valence-electron chi connectivity index (χ2n) is 5.19. The van der Waals surface area contributed by atoms with Crippen molar-refractivity contribution in [2.75, 3.05) is 11.9 Å². The summed E-state index contributed by atoms with van der Waals surface area (Å²) < 4.78 is 36.6. The van der Waals surface area contributed by atoms with E-state index in [0.717, 1.165) is 6.20 Å². The molecule has 2 rings (SSSR count). The van der Waals surface area contributed by atoms with E-state index in [4.69, 9.17) is 23.2 Å². The van der Waals surface area contributed by atoms with Crippen LogP contribution in [0.15, 0.2) is 30.5 Å². The van der Waals surface area contributed by atoms with E-state index < -0.39 is 23.9 Å². The van der Waals surface area contributed by atoms with Crippen LogP contribution in [-0.4, -0.2) is 35.4 Å². The third-order valence-corrected chi connectivity index (χ3v) is 4.22. The number of carbonyl (C=O) groups excluding carboxylic acids is 2. The number of hydrogen-bond acceptors (Lipinski definition) is 3. The number of nitrogens with one attached hydrogen (secondary N) is 1. The second kappa shape index (κ2) is 7.44. The molecule has 1 aromatic rings. The number of anilines is 1. The fourth-order valence-electron chi connectivity index (χ4n) is 2.31. The van der Waals surface area contributed by atoms with Gasteiger partial charge in [0.25, 0.3) is 5.78 Å². The number of halogens is 5. The van der Waals surface area contributed by atoms with Crippen molar-refractivity contribution in [2.45, 2.75) is 25.1 Å². The average Bonchev–Trinajstić information content (AvgIpc) is 2.96. The van der Waals surface area contributed by atoms with Crippen molar-refractivity contribution in [3.8, 4) is 0 Å². The van der Waals surface area contributed by atoms with Crippen LogP contribution in [0.3, 0.4) is 0 Å². The Bertz CT molecular complexity index is 677. The van der Waals surface area contributed by atoms with Crippen LogP contribution in [0.1, 0.15) is 12.8 Å². The Morgan fingerprint density at radius 3 is 2.58 bits per heavy atom. The number of ketones is 1. The SMILES string of the molecule is O=C(Nc1ccc(Cl)c(Cl)c1)C1CCCN1/C=C/C(=O)C(F)(F)F. The Labute approximate surface area is 146 Å². The van der Waals surface area contributed by atoms with Crippen molar-refractivity contribution in [1.29, 1.82) is 0 Å². The van der Waals surface area contributed by atoms with Crippen molar-refractivity contribution in [3.05, 3.63) is 40.5 Å². The van der Waals surface area contributed by atoms with Crippen molar-refractivity contribution in [1.82, 2.24) is 4.90 Å². The molecule has 9 heteroatoms. The van der Waals surface area contributed by atoms with E-state index in [1.165, 1.54) is 17.0 Å². The maximum Gasteiger partial charge on any atom is 0.454 e. The summed E-state index contributed by atoms with van der Waals surface area (Å²) in [6.45, 7) is 0.390. The molecule has 1 unspecified atom stereocenters. The third kappa shape index (κ3) is 4.64. The Hall–Kier alpha value is -1.73. The molecule has 0 aliphatic carbocycles. The van der Waals surface area contributed by atoms with Gasteiger partial charge in [-0.2, -0.15) is 13.2 Å². The number of nitrogens with zero attached hydrogens (tertiary/aromatic N) is 1. The van der Waals surface area contributed by atoms with Gasteiger partial charge in [-0.1, -0.05) is 23.2 Å². The lowest BCUT2D eigenvalue weighted by Gasteiger charge is -2.22. The van der Waals surface area contributed by atoms with E-state index in [2.05, 4.69) is 5.32 Å². The van der Waals surface area contributed by atoms with Crippen LogP contribution in [0.25, 0.3) is 0 Å². The summed E-state index contributed by atoms with van der Waals surface area (Å²) in [4.78, 5) is 24.6. The molecule has 0 aromatic heterocycles. The summed E-state index contributed by atoms with van der Waals surface area (Å²) in [7, 11) is 0. The molecule has 4 nitrogen and oxygen atoms in total. The molecule has 1 aromatic carbocycles. The van der Waals surface area contributed by atoms with Gasteiger partial charge in [-0.15, -0.1) is 0 Å². The van der Waals surface area contributed by atoms with Crippen molar-refractivity contribution in [2.24, 2.45) is 0 Å². The lowest BCUT2D eigenvalue weighted by molar-refractivity contribution is -0.165. The van der Waals surface area contributed by atoms with Gasteiger partial charge in [0.1, 0.15) is 6.04 Å². The quantitative estimate of drug-likeness (QED) is 0.801. The highest BCUT2D eigenvalue weighted by atomic mass is 35.5. The van der Waals surface area contributed by atoms with Crippen LogP contribution in [0.2, 0.25) is 10.0 Å². The first kappa shape index (κ1) is 18.6. The zero-order valence-corrected chi connectivity index (χ0v) is 13.8. The van der Waals surface area contributed by atoms with E-state index in [0.29, 0.717) is 36.2 Å². The molecule has 1 N–H and O–H groups in total. The van der Waals surface area contributed by atoms with Gasteiger partial charge in [-0.3, -0.25) is 9.59 Å². The molecular formula is C15H13Cl2F3N2O2. The summed E-state index contributed by atoms with van der Waals surface area (Å²) >= 11 is 11.7. The summed E-state index contributed by atoms with van der Waals surface area (Å²) in [5, 5.41) is 3.25. The van der Waals surface area contributed by atoms with E-state index in [1.807, 2.05) is 0 Å². The number of amides is 1. The Morgan fingerprint density at radius 1 is 1.25 bits per heavy atom. The predicted molar refractivity (Wildman–Crippen MR) is 85.0 cm³/mol. The van der Waals surface area contributed by atoms with Gasteiger partial charge in [0, 0.05) is 24.5 Å². The minimum absolute atomic E-state index is 0.272. The molecule has 0 spiro atoms. The molecule has 1 atom stereocenters. The third-order valence-electron chi connectivity index (χ3n) is 3.48.